The predicted octanol–water partition coefficient (Wildman–Crippen LogP) is 12.4. The van der Waals surface area contributed by atoms with Gasteiger partial charge in [-0.15, -0.1) is 0 Å². The summed E-state index contributed by atoms with van der Waals surface area (Å²) in [5.74, 6) is 0. The van der Waals surface area contributed by atoms with Crippen molar-refractivity contribution in [2.45, 2.75) is 47.6 Å². The molecule has 2 aliphatic rings. The van der Waals surface area contributed by atoms with Crippen molar-refractivity contribution in [3.8, 4) is 22.3 Å². The van der Waals surface area contributed by atoms with Crippen LogP contribution in [0.15, 0.2) is 108 Å². The van der Waals surface area contributed by atoms with E-state index in [1.807, 2.05) is 0 Å². The standard InChI is InChI=1S/2C19H17BN.C2H6Si.2ClH.Zr/c2*1-20(2)14-10-13-6-5-8-15(17(13)11-14)18-12-21-19-9-4-3-7-16(18)19;1-3-2;;;/h2*3-12,21H,1-2H3;1-2H3;2*1H;/q;;;;;+2/p-2. The maximum absolute atomic E-state index is 8.75. The zero-order chi connectivity index (χ0) is 33.6. The normalized spacial score (nSPS) is 17.4. The van der Waals surface area contributed by atoms with E-state index in [0.29, 0.717) is 13.4 Å². The maximum atomic E-state index is 8.75. The summed E-state index contributed by atoms with van der Waals surface area (Å²) < 4.78 is 0.0716. The van der Waals surface area contributed by atoms with Crippen molar-refractivity contribution in [2.24, 2.45) is 0 Å². The molecule has 238 valence electrons. The molecule has 0 saturated carbocycles. The van der Waals surface area contributed by atoms with Crippen molar-refractivity contribution >= 4 is 69.8 Å². The molecule has 2 aliphatic carbocycles. The zero-order valence-electron chi connectivity index (χ0n) is 28.5. The molecule has 8 rings (SSSR count). The summed E-state index contributed by atoms with van der Waals surface area (Å²) >= 11 is -4.97. The molecule has 2 unspecified atom stereocenters. The van der Waals surface area contributed by atoms with Crippen LogP contribution in [-0.4, -0.2) is 28.8 Å². The molecule has 0 fully saturated rings. The first-order valence-corrected chi connectivity index (χ1v) is 32.6. The van der Waals surface area contributed by atoms with E-state index in [4.69, 9.17) is 17.0 Å². The number of benzene rings is 4. The van der Waals surface area contributed by atoms with Crippen molar-refractivity contribution in [1.29, 1.82) is 0 Å². The topological polar surface area (TPSA) is 31.6 Å². The Balaban J connectivity index is 1.38. The van der Waals surface area contributed by atoms with Crippen LogP contribution < -0.4 is 0 Å². The van der Waals surface area contributed by atoms with Crippen LogP contribution in [0.1, 0.15) is 29.5 Å². The van der Waals surface area contributed by atoms with Crippen LogP contribution in [0.5, 0.6) is 0 Å². The molecular formula is C40H40B2Cl2N2SiZr. The number of nitrogens with one attached hydrogen (secondary N) is 2. The summed E-state index contributed by atoms with van der Waals surface area (Å²) in [4.78, 5) is 7.03. The SMILES string of the molecule is CB(C)C1=Cc2c(-c3c[nH]c4ccccc34)cccc2[CH]1[Zr]([Cl])([Cl])([CH]1C(B(C)C)=Cc2c(-c3c[nH]c4ccccc34)cccc21)=[Si](C)C. The number of aromatic nitrogens is 2. The Kier molecular flexibility index (Phi) is 7.88. The Morgan fingerprint density at radius 2 is 0.979 bits per heavy atom. The second kappa shape index (κ2) is 11.7. The van der Waals surface area contributed by atoms with Crippen molar-refractivity contribution in [3.63, 3.8) is 0 Å². The molecular weight excluding hydrogens is 720 g/mol. The number of hydrogen-bond donors (Lipinski definition) is 2. The number of hydrogen-bond acceptors (Lipinski definition) is 0. The van der Waals surface area contributed by atoms with Crippen LogP contribution in [0.4, 0.5) is 0 Å². The molecule has 0 radical (unpaired) electrons. The molecule has 0 saturated heterocycles. The van der Waals surface area contributed by atoms with Gasteiger partial charge in [-0.3, -0.25) is 0 Å². The Labute approximate surface area is 293 Å². The van der Waals surface area contributed by atoms with Gasteiger partial charge in [-0.1, -0.05) is 0 Å². The van der Waals surface area contributed by atoms with Gasteiger partial charge in [0, 0.05) is 0 Å². The summed E-state index contributed by atoms with van der Waals surface area (Å²) in [7, 11) is 17.5. The minimum atomic E-state index is -4.97. The number of allylic oxidation sites excluding steroid dienone is 2. The first-order valence-electron chi connectivity index (χ1n) is 17.2. The number of halogens is 2. The van der Waals surface area contributed by atoms with Crippen LogP contribution >= 0.6 is 17.0 Å². The van der Waals surface area contributed by atoms with Gasteiger partial charge in [0.2, 0.25) is 0 Å². The molecule has 6 aromatic rings. The zero-order valence-corrected chi connectivity index (χ0v) is 33.4. The van der Waals surface area contributed by atoms with Gasteiger partial charge in [0.05, 0.1) is 0 Å². The van der Waals surface area contributed by atoms with E-state index < -0.39 is 20.4 Å². The van der Waals surface area contributed by atoms with E-state index in [9.17, 15) is 0 Å². The molecule has 2 heterocycles. The predicted molar refractivity (Wildman–Crippen MR) is 213 cm³/mol. The number of rotatable bonds is 6. The average molecular weight is 761 g/mol. The van der Waals surface area contributed by atoms with E-state index in [2.05, 4.69) is 160 Å². The molecule has 2 atom stereocenters. The van der Waals surface area contributed by atoms with Gasteiger partial charge in [-0.25, -0.2) is 0 Å². The van der Waals surface area contributed by atoms with Gasteiger partial charge < -0.3 is 0 Å². The molecule has 2 N–H and O–H groups in total. The van der Waals surface area contributed by atoms with Crippen molar-refractivity contribution in [2.75, 3.05) is 0 Å². The summed E-state index contributed by atoms with van der Waals surface area (Å²) in [6.07, 6.45) is 9.28. The molecule has 8 heteroatoms. The fourth-order valence-corrected chi connectivity index (χ4v) is 38.0. The molecule has 0 aliphatic heterocycles. The summed E-state index contributed by atoms with van der Waals surface area (Å²) in [6.45, 7) is 14.8. The van der Waals surface area contributed by atoms with E-state index in [1.54, 1.807) is 0 Å². The van der Waals surface area contributed by atoms with Crippen molar-refractivity contribution in [3.05, 3.63) is 131 Å². The molecule has 0 bridgehead atoms. The van der Waals surface area contributed by atoms with E-state index in [-0.39, 0.29) is 7.25 Å². The van der Waals surface area contributed by atoms with Crippen molar-refractivity contribution < 1.29 is 15.0 Å². The van der Waals surface area contributed by atoms with Crippen LogP contribution in [-0.2, 0) is 15.0 Å². The second-order valence-electron chi connectivity index (χ2n) is 14.7. The fourth-order valence-electron chi connectivity index (χ4n) is 8.83. The summed E-state index contributed by atoms with van der Waals surface area (Å²) in [6, 6.07) is 30.9. The monoisotopic (exact) mass is 758 g/mol. The quantitative estimate of drug-likeness (QED) is 0.159. The second-order valence-corrected chi connectivity index (χ2v) is 53.5. The van der Waals surface area contributed by atoms with Crippen LogP contribution in [0, 0.1) is 0 Å². The number of para-hydroxylation sites is 2. The minimum absolute atomic E-state index is 0.0358. The fraction of sp³-hybridized carbons (Fsp3) is 0.200. The number of fused-ring (bicyclic) bond motifs is 4. The molecule has 2 aromatic heterocycles. The number of aromatic amines is 2. The van der Waals surface area contributed by atoms with E-state index in [0.717, 1.165) is 11.0 Å². The van der Waals surface area contributed by atoms with E-state index in [1.165, 1.54) is 66.2 Å². The third kappa shape index (κ3) is 4.62. The van der Waals surface area contributed by atoms with Gasteiger partial charge in [0.25, 0.3) is 0 Å². The summed E-state index contributed by atoms with van der Waals surface area (Å²) in [5.41, 5.74) is 14.1. The Hall–Kier alpha value is -2.75. The van der Waals surface area contributed by atoms with Gasteiger partial charge in [0.15, 0.2) is 0 Å². The van der Waals surface area contributed by atoms with Crippen LogP contribution in [0.25, 0.3) is 56.2 Å². The van der Waals surface area contributed by atoms with Gasteiger partial charge in [-0.05, 0) is 0 Å². The van der Waals surface area contributed by atoms with Gasteiger partial charge >= 0.3 is 295 Å². The first-order chi connectivity index (χ1) is 23.0. The van der Waals surface area contributed by atoms with Gasteiger partial charge in [0.1, 0.15) is 0 Å². The third-order valence-corrected chi connectivity index (χ3v) is 57.7. The Bertz CT molecular complexity index is 2260. The first kappa shape index (κ1) is 32.5. The number of H-pyrrole nitrogens is 2. The molecule has 0 spiro atoms. The van der Waals surface area contributed by atoms with Crippen LogP contribution in [0.2, 0.25) is 40.4 Å². The van der Waals surface area contributed by atoms with Crippen LogP contribution in [0.3, 0.4) is 0 Å². The van der Waals surface area contributed by atoms with E-state index >= 15 is 0 Å². The average Bonchev–Trinajstić information content (AvgIpc) is 3.86. The third-order valence-electron chi connectivity index (χ3n) is 11.3. The van der Waals surface area contributed by atoms with Gasteiger partial charge in [-0.2, -0.15) is 0 Å². The molecule has 48 heavy (non-hydrogen) atoms. The molecule has 0 amide bonds. The summed E-state index contributed by atoms with van der Waals surface area (Å²) in [5, 5.41) is 2.48. The Morgan fingerprint density at radius 1 is 0.562 bits per heavy atom. The Morgan fingerprint density at radius 3 is 1.38 bits per heavy atom. The molecule has 4 aromatic carbocycles. The van der Waals surface area contributed by atoms with Crippen molar-refractivity contribution in [1.82, 2.24) is 9.97 Å². The molecule has 2 nitrogen and oxygen atoms in total.